The third-order valence-electron chi connectivity index (χ3n) is 3.98. The number of aromatic nitrogens is 1. The van der Waals surface area contributed by atoms with Gasteiger partial charge in [0.2, 0.25) is 5.88 Å². The standard InChI is InChI=1S/C17H20N2O4/c1-11-7-8-13-12(9-11)17(23-19-13)18-16(20)10-22-15-6-4-3-5-14(15)21-2/h3-6,11H,7-10H2,1-2H3,(H,18,20). The van der Waals surface area contributed by atoms with E-state index in [1.165, 1.54) is 0 Å². The van der Waals surface area contributed by atoms with Crippen molar-refractivity contribution in [2.24, 2.45) is 5.92 Å². The quantitative estimate of drug-likeness (QED) is 0.918. The van der Waals surface area contributed by atoms with Crippen LogP contribution in [0.3, 0.4) is 0 Å². The van der Waals surface area contributed by atoms with E-state index in [2.05, 4.69) is 17.4 Å². The summed E-state index contributed by atoms with van der Waals surface area (Å²) in [5.74, 6) is 1.85. The number of benzene rings is 1. The lowest BCUT2D eigenvalue weighted by Crippen LogP contribution is -2.21. The minimum absolute atomic E-state index is 0.120. The van der Waals surface area contributed by atoms with E-state index in [-0.39, 0.29) is 12.5 Å². The van der Waals surface area contributed by atoms with Crippen molar-refractivity contribution in [1.29, 1.82) is 0 Å². The van der Waals surface area contributed by atoms with Crippen LogP contribution in [0.25, 0.3) is 0 Å². The van der Waals surface area contributed by atoms with E-state index in [1.807, 2.05) is 12.1 Å². The van der Waals surface area contributed by atoms with Gasteiger partial charge in [0.05, 0.1) is 12.8 Å². The second-order valence-electron chi connectivity index (χ2n) is 5.77. The highest BCUT2D eigenvalue weighted by Crippen LogP contribution is 2.30. The molecule has 1 aromatic carbocycles. The largest absolute Gasteiger partial charge is 0.493 e. The van der Waals surface area contributed by atoms with Gasteiger partial charge in [-0.2, -0.15) is 0 Å². The molecule has 0 aliphatic heterocycles. The topological polar surface area (TPSA) is 73.6 Å². The number of methoxy groups -OCH3 is 1. The summed E-state index contributed by atoms with van der Waals surface area (Å²) in [6.07, 6.45) is 2.87. The molecule has 0 saturated carbocycles. The summed E-state index contributed by atoms with van der Waals surface area (Å²) in [7, 11) is 1.56. The lowest BCUT2D eigenvalue weighted by molar-refractivity contribution is -0.118. The molecule has 1 aromatic heterocycles. The van der Waals surface area contributed by atoms with Crippen LogP contribution < -0.4 is 14.8 Å². The third kappa shape index (κ3) is 3.47. The number of nitrogens with one attached hydrogen (secondary N) is 1. The molecule has 1 aliphatic rings. The Kier molecular flexibility index (Phi) is 4.50. The molecule has 2 aromatic rings. The van der Waals surface area contributed by atoms with Crippen molar-refractivity contribution in [2.45, 2.75) is 26.2 Å². The molecular formula is C17H20N2O4. The van der Waals surface area contributed by atoms with E-state index in [1.54, 1.807) is 19.2 Å². The Bertz CT molecular complexity index is 696. The van der Waals surface area contributed by atoms with Gasteiger partial charge in [0.25, 0.3) is 5.91 Å². The maximum absolute atomic E-state index is 12.1. The molecule has 0 saturated heterocycles. The minimum atomic E-state index is -0.284. The molecule has 0 spiro atoms. The van der Waals surface area contributed by atoms with Crippen molar-refractivity contribution in [2.75, 3.05) is 19.0 Å². The number of amides is 1. The summed E-state index contributed by atoms with van der Waals surface area (Å²) < 4.78 is 16.0. The van der Waals surface area contributed by atoms with E-state index in [4.69, 9.17) is 14.0 Å². The van der Waals surface area contributed by atoms with Crippen LogP contribution in [0.4, 0.5) is 5.88 Å². The summed E-state index contributed by atoms with van der Waals surface area (Å²) in [6, 6.07) is 7.20. The second-order valence-corrected chi connectivity index (χ2v) is 5.77. The van der Waals surface area contributed by atoms with Crippen molar-refractivity contribution < 1.29 is 18.8 Å². The maximum Gasteiger partial charge on any atom is 0.264 e. The first-order valence-corrected chi connectivity index (χ1v) is 7.70. The van der Waals surface area contributed by atoms with Gasteiger partial charge in [0.15, 0.2) is 18.1 Å². The Hall–Kier alpha value is -2.50. The van der Waals surface area contributed by atoms with Crippen LogP contribution in [0.1, 0.15) is 24.6 Å². The fraction of sp³-hybridized carbons (Fsp3) is 0.412. The normalized spacial score (nSPS) is 16.5. The Balaban J connectivity index is 1.61. The van der Waals surface area contributed by atoms with Gasteiger partial charge in [-0.3, -0.25) is 10.1 Å². The molecule has 23 heavy (non-hydrogen) atoms. The number of carbonyl (C=O) groups excluding carboxylic acids is 1. The number of ether oxygens (including phenoxy) is 2. The molecule has 1 aliphatic carbocycles. The molecule has 0 radical (unpaired) electrons. The van der Waals surface area contributed by atoms with E-state index in [9.17, 15) is 4.79 Å². The van der Waals surface area contributed by atoms with Crippen LogP contribution in [-0.4, -0.2) is 24.8 Å². The molecule has 0 bridgehead atoms. The number of anilines is 1. The van der Waals surface area contributed by atoms with Crippen LogP contribution >= 0.6 is 0 Å². The Labute approximate surface area is 134 Å². The number of hydrogen-bond acceptors (Lipinski definition) is 5. The number of aryl methyl sites for hydroxylation is 1. The van der Waals surface area contributed by atoms with Gasteiger partial charge in [-0.15, -0.1) is 0 Å². The molecule has 0 fully saturated rings. The Morgan fingerprint density at radius 3 is 2.96 bits per heavy atom. The first-order chi connectivity index (χ1) is 11.2. The fourth-order valence-corrected chi connectivity index (χ4v) is 2.72. The summed E-state index contributed by atoms with van der Waals surface area (Å²) in [4.78, 5) is 12.1. The summed E-state index contributed by atoms with van der Waals surface area (Å²) >= 11 is 0. The molecule has 1 atom stereocenters. The van der Waals surface area contributed by atoms with Crippen molar-refractivity contribution in [1.82, 2.24) is 5.16 Å². The molecule has 1 unspecified atom stereocenters. The van der Waals surface area contributed by atoms with Crippen LogP contribution in [0.15, 0.2) is 28.8 Å². The minimum Gasteiger partial charge on any atom is -0.493 e. The number of fused-ring (bicyclic) bond motifs is 1. The zero-order valence-electron chi connectivity index (χ0n) is 13.3. The van der Waals surface area contributed by atoms with Gasteiger partial charge in [-0.1, -0.05) is 24.2 Å². The SMILES string of the molecule is COc1ccccc1OCC(=O)Nc1onc2c1CC(C)CC2. The van der Waals surface area contributed by atoms with Gasteiger partial charge in [0.1, 0.15) is 0 Å². The summed E-state index contributed by atoms with van der Waals surface area (Å²) in [5.41, 5.74) is 1.96. The zero-order chi connectivity index (χ0) is 16.2. The van der Waals surface area contributed by atoms with Crippen LogP contribution in [-0.2, 0) is 17.6 Å². The smallest absolute Gasteiger partial charge is 0.264 e. The Morgan fingerprint density at radius 2 is 2.17 bits per heavy atom. The summed E-state index contributed by atoms with van der Waals surface area (Å²) in [5, 5.41) is 6.78. The van der Waals surface area contributed by atoms with Gasteiger partial charge in [-0.05, 0) is 37.3 Å². The average Bonchev–Trinajstić information content (AvgIpc) is 2.95. The number of hydrogen-bond donors (Lipinski definition) is 1. The van der Waals surface area contributed by atoms with Gasteiger partial charge in [0, 0.05) is 5.56 Å². The lowest BCUT2D eigenvalue weighted by atomic mass is 9.89. The number of para-hydroxylation sites is 2. The van der Waals surface area contributed by atoms with Crippen molar-refractivity contribution in [3.63, 3.8) is 0 Å². The van der Waals surface area contributed by atoms with Gasteiger partial charge >= 0.3 is 0 Å². The molecular weight excluding hydrogens is 296 g/mol. The van der Waals surface area contributed by atoms with Crippen LogP contribution in [0.5, 0.6) is 11.5 Å². The number of nitrogens with zero attached hydrogens (tertiary/aromatic N) is 1. The van der Waals surface area contributed by atoms with E-state index < -0.39 is 0 Å². The number of carbonyl (C=O) groups is 1. The predicted octanol–water partition coefficient (Wildman–Crippen LogP) is 2.83. The molecule has 1 N–H and O–H groups in total. The highest BCUT2D eigenvalue weighted by Gasteiger charge is 2.24. The third-order valence-corrected chi connectivity index (χ3v) is 3.98. The van der Waals surface area contributed by atoms with Crippen LogP contribution in [0.2, 0.25) is 0 Å². The fourth-order valence-electron chi connectivity index (χ4n) is 2.72. The highest BCUT2D eigenvalue weighted by molar-refractivity contribution is 5.91. The molecule has 1 amide bonds. The Morgan fingerprint density at radius 1 is 1.39 bits per heavy atom. The maximum atomic E-state index is 12.1. The lowest BCUT2D eigenvalue weighted by Gasteiger charge is -2.16. The molecule has 6 heteroatoms. The van der Waals surface area contributed by atoms with E-state index >= 15 is 0 Å². The summed E-state index contributed by atoms with van der Waals surface area (Å²) in [6.45, 7) is 2.07. The molecule has 3 rings (SSSR count). The van der Waals surface area contributed by atoms with Gasteiger partial charge in [-0.25, -0.2) is 0 Å². The van der Waals surface area contributed by atoms with Crippen LogP contribution in [0, 0.1) is 5.92 Å². The van der Waals surface area contributed by atoms with Gasteiger partial charge < -0.3 is 14.0 Å². The molecule has 122 valence electrons. The first kappa shape index (κ1) is 15.4. The van der Waals surface area contributed by atoms with Crippen molar-refractivity contribution >= 4 is 11.8 Å². The first-order valence-electron chi connectivity index (χ1n) is 7.70. The second kappa shape index (κ2) is 6.73. The van der Waals surface area contributed by atoms with Crippen molar-refractivity contribution in [3.05, 3.63) is 35.5 Å². The highest BCUT2D eigenvalue weighted by atomic mass is 16.5. The zero-order valence-corrected chi connectivity index (χ0v) is 13.3. The number of rotatable bonds is 5. The van der Waals surface area contributed by atoms with Crippen molar-refractivity contribution in [3.8, 4) is 11.5 Å². The monoisotopic (exact) mass is 316 g/mol. The van der Waals surface area contributed by atoms with E-state index in [0.717, 1.165) is 30.5 Å². The molecule has 1 heterocycles. The van der Waals surface area contributed by atoms with E-state index in [0.29, 0.717) is 23.3 Å². The average molecular weight is 316 g/mol. The predicted molar refractivity (Wildman–Crippen MR) is 84.8 cm³/mol. The molecule has 6 nitrogen and oxygen atoms in total.